The third-order valence-corrected chi connectivity index (χ3v) is 7.01. The molecule has 0 bridgehead atoms. The Balaban J connectivity index is 0.000000289. The molecule has 4 rings (SSSR count). The van der Waals surface area contributed by atoms with Gasteiger partial charge in [0.1, 0.15) is 21.9 Å². The molecule has 0 aliphatic rings. The summed E-state index contributed by atoms with van der Waals surface area (Å²) in [5.41, 5.74) is 9.93. The fourth-order valence-corrected chi connectivity index (χ4v) is 4.25. The van der Waals surface area contributed by atoms with Gasteiger partial charge in [-0.05, 0) is 83.9 Å². The minimum atomic E-state index is -1.08. The third-order valence-electron chi connectivity index (χ3n) is 6.62. The van der Waals surface area contributed by atoms with Gasteiger partial charge in [-0.25, -0.2) is 23.5 Å². The molecule has 11 heteroatoms. The van der Waals surface area contributed by atoms with E-state index in [0.29, 0.717) is 22.5 Å². The first kappa shape index (κ1) is 34.9. The van der Waals surface area contributed by atoms with Crippen LogP contribution in [0.2, 0.25) is 10.3 Å². The van der Waals surface area contributed by atoms with E-state index in [1.54, 1.807) is 30.3 Å². The molecule has 2 aromatic heterocycles. The van der Waals surface area contributed by atoms with Gasteiger partial charge in [0.25, 0.3) is 0 Å². The van der Waals surface area contributed by atoms with Crippen molar-refractivity contribution in [1.82, 2.24) is 15.3 Å². The number of pyridine rings is 2. The first-order valence-corrected chi connectivity index (χ1v) is 13.5. The van der Waals surface area contributed by atoms with Gasteiger partial charge in [-0.3, -0.25) is 0 Å². The molecule has 0 atom stereocenters. The Bertz CT molecular complexity index is 1500. The number of nitrogens with one attached hydrogen (secondary N) is 1. The number of amides is 1. The number of carbonyl (C=O) groups is 1. The molecule has 2 aromatic carbocycles. The Morgan fingerprint density at radius 2 is 1.17 bits per heavy atom. The van der Waals surface area contributed by atoms with Crippen LogP contribution in [0.1, 0.15) is 38.8 Å². The first-order chi connectivity index (χ1) is 19.2. The summed E-state index contributed by atoms with van der Waals surface area (Å²) < 4.78 is 26.0. The lowest BCUT2D eigenvalue weighted by atomic mass is 9.84. The zero-order valence-electron chi connectivity index (χ0n) is 23.6. The maximum Gasteiger partial charge on any atom is 0.404 e. The molecule has 0 spiro atoms. The van der Waals surface area contributed by atoms with Crippen molar-refractivity contribution in [2.24, 2.45) is 5.73 Å². The maximum atomic E-state index is 13.0. The van der Waals surface area contributed by atoms with E-state index in [1.807, 2.05) is 45.9 Å². The van der Waals surface area contributed by atoms with Gasteiger partial charge in [-0.2, -0.15) is 0 Å². The van der Waals surface area contributed by atoms with Crippen LogP contribution in [0.15, 0.2) is 72.8 Å². The summed E-state index contributed by atoms with van der Waals surface area (Å²) in [4.78, 5) is 19.2. The highest BCUT2D eigenvalue weighted by molar-refractivity contribution is 6.29. The average molecular weight is 638 g/mol. The molecule has 4 N–H and O–H groups in total. The van der Waals surface area contributed by atoms with Gasteiger partial charge >= 0.3 is 6.09 Å². The smallest absolute Gasteiger partial charge is 0.404 e. The van der Waals surface area contributed by atoms with E-state index >= 15 is 0 Å². The molecular weight excluding hydrogens is 605 g/mol. The number of aromatic nitrogens is 2. The van der Waals surface area contributed by atoms with Crippen LogP contribution in [0.5, 0.6) is 0 Å². The second kappa shape index (κ2) is 14.7. The molecule has 42 heavy (non-hydrogen) atoms. The number of rotatable bonds is 7. The molecule has 0 aliphatic heterocycles. The Kier molecular flexibility index (Phi) is 12.2. The second-order valence-electron chi connectivity index (χ2n) is 10.8. The lowest BCUT2D eigenvalue weighted by Gasteiger charge is -2.25. The number of hydrogen-bond acceptors (Lipinski definition) is 4. The van der Waals surface area contributed by atoms with Crippen molar-refractivity contribution in [2.75, 3.05) is 13.1 Å². The summed E-state index contributed by atoms with van der Waals surface area (Å²) in [5, 5.41) is 11.8. The first-order valence-electron chi connectivity index (χ1n) is 12.7. The summed E-state index contributed by atoms with van der Waals surface area (Å²) in [5.74, 6) is -0.592. The Morgan fingerprint density at radius 3 is 1.52 bits per heavy atom. The van der Waals surface area contributed by atoms with Gasteiger partial charge in [0.05, 0.1) is 11.4 Å². The molecule has 0 unspecified atom stereocenters. The van der Waals surface area contributed by atoms with Crippen LogP contribution in [-0.4, -0.2) is 34.3 Å². The second-order valence-corrected chi connectivity index (χ2v) is 11.5. The molecule has 0 saturated heterocycles. The summed E-state index contributed by atoms with van der Waals surface area (Å²) in [7, 11) is 0. The zero-order chi connectivity index (χ0) is 30.4. The highest BCUT2D eigenvalue weighted by Gasteiger charge is 2.23. The molecule has 4 aromatic rings. The fraction of sp³-hybridized carbons (Fsp3) is 0.258. The van der Waals surface area contributed by atoms with Crippen LogP contribution in [0.4, 0.5) is 13.6 Å². The number of halogens is 5. The standard InChI is InChI=1S/C16H16ClFN2O2.C15H16ClFN2.ClH/c1-16(2,9-19-15(21)22)11-7-13(20-14(17)8-11)10-3-5-12(18)6-4-10;1-15(2,9-18)11-7-13(19-14(16)8-11)10-3-5-12(17)6-4-10;/h3-8,19H,9H2,1-2H3,(H,21,22);3-8H,9,18H2,1-2H3;1H. The molecule has 0 aliphatic carbocycles. The number of nitrogens with zero attached hydrogens (tertiary/aromatic N) is 2. The van der Waals surface area contributed by atoms with Crippen molar-refractivity contribution in [3.05, 3.63) is 106 Å². The lowest BCUT2D eigenvalue weighted by molar-refractivity contribution is 0.192. The van der Waals surface area contributed by atoms with Crippen molar-refractivity contribution in [3.8, 4) is 22.5 Å². The Morgan fingerprint density at radius 1 is 0.786 bits per heavy atom. The number of benzene rings is 2. The van der Waals surface area contributed by atoms with Gasteiger partial charge in [0.15, 0.2) is 0 Å². The van der Waals surface area contributed by atoms with Crippen LogP contribution in [0.25, 0.3) is 22.5 Å². The zero-order valence-corrected chi connectivity index (χ0v) is 25.9. The van der Waals surface area contributed by atoms with Gasteiger partial charge < -0.3 is 16.2 Å². The average Bonchev–Trinajstić information content (AvgIpc) is 2.92. The van der Waals surface area contributed by atoms with E-state index in [4.69, 9.17) is 34.0 Å². The molecular formula is C31H33Cl3F2N4O2. The monoisotopic (exact) mass is 636 g/mol. The van der Waals surface area contributed by atoms with Crippen molar-refractivity contribution in [3.63, 3.8) is 0 Å². The van der Waals surface area contributed by atoms with Gasteiger partial charge in [0.2, 0.25) is 0 Å². The normalized spacial score (nSPS) is 11.2. The summed E-state index contributed by atoms with van der Waals surface area (Å²) in [6.45, 7) is 8.66. The molecule has 6 nitrogen and oxygen atoms in total. The summed E-state index contributed by atoms with van der Waals surface area (Å²) in [6, 6.07) is 19.5. The van der Waals surface area contributed by atoms with Crippen LogP contribution < -0.4 is 11.1 Å². The van der Waals surface area contributed by atoms with E-state index in [9.17, 15) is 13.6 Å². The quantitative estimate of drug-likeness (QED) is 0.177. The molecule has 0 radical (unpaired) electrons. The SMILES string of the molecule is CC(C)(CN)c1cc(Cl)nc(-c2ccc(F)cc2)c1.CC(C)(CNC(=O)O)c1cc(Cl)nc(-c2ccc(F)cc2)c1.Cl. The van der Waals surface area contributed by atoms with Gasteiger partial charge in [0, 0.05) is 35.0 Å². The van der Waals surface area contributed by atoms with Crippen molar-refractivity contribution in [2.45, 2.75) is 38.5 Å². The van der Waals surface area contributed by atoms with Crippen molar-refractivity contribution < 1.29 is 18.7 Å². The van der Waals surface area contributed by atoms with E-state index in [1.165, 1.54) is 24.3 Å². The predicted molar refractivity (Wildman–Crippen MR) is 168 cm³/mol. The van der Waals surface area contributed by atoms with E-state index < -0.39 is 11.5 Å². The number of nitrogens with two attached hydrogens (primary N) is 1. The van der Waals surface area contributed by atoms with E-state index in [-0.39, 0.29) is 36.0 Å². The van der Waals surface area contributed by atoms with E-state index in [2.05, 4.69) is 15.3 Å². The minimum absolute atomic E-state index is 0. The minimum Gasteiger partial charge on any atom is -0.465 e. The van der Waals surface area contributed by atoms with Crippen LogP contribution in [0.3, 0.4) is 0 Å². The van der Waals surface area contributed by atoms with Crippen LogP contribution in [0, 0.1) is 11.6 Å². The van der Waals surface area contributed by atoms with Crippen LogP contribution >= 0.6 is 35.6 Å². The molecule has 224 valence electrons. The van der Waals surface area contributed by atoms with Crippen molar-refractivity contribution >= 4 is 41.7 Å². The van der Waals surface area contributed by atoms with Crippen molar-refractivity contribution in [1.29, 1.82) is 0 Å². The summed E-state index contributed by atoms with van der Waals surface area (Å²) >= 11 is 12.1. The highest BCUT2D eigenvalue weighted by Crippen LogP contribution is 2.30. The molecule has 0 fully saturated rings. The molecule has 0 saturated carbocycles. The largest absolute Gasteiger partial charge is 0.465 e. The molecule has 1 amide bonds. The van der Waals surface area contributed by atoms with Crippen LogP contribution in [-0.2, 0) is 10.8 Å². The fourth-order valence-electron chi connectivity index (χ4n) is 3.83. The molecule has 2 heterocycles. The summed E-state index contributed by atoms with van der Waals surface area (Å²) in [6.07, 6.45) is -1.08. The van der Waals surface area contributed by atoms with Gasteiger partial charge in [-0.1, -0.05) is 50.9 Å². The topological polar surface area (TPSA) is 101 Å². The number of carboxylic acid groups (broad SMARTS) is 1. The predicted octanol–water partition coefficient (Wildman–Crippen LogP) is 8.29. The lowest BCUT2D eigenvalue weighted by Crippen LogP contribution is -2.35. The Hall–Kier alpha value is -3.30. The highest BCUT2D eigenvalue weighted by atomic mass is 35.5. The van der Waals surface area contributed by atoms with Gasteiger partial charge in [-0.15, -0.1) is 12.4 Å². The third kappa shape index (κ3) is 9.63. The number of hydrogen-bond donors (Lipinski definition) is 3. The Labute approximate surface area is 260 Å². The van der Waals surface area contributed by atoms with E-state index in [0.717, 1.165) is 27.9 Å². The maximum absolute atomic E-state index is 13.0.